The highest BCUT2D eigenvalue weighted by Crippen LogP contribution is 2.30. The summed E-state index contributed by atoms with van der Waals surface area (Å²) in [6.45, 7) is 2.32. The lowest BCUT2D eigenvalue weighted by Gasteiger charge is -2.22. The molecule has 25 heavy (non-hydrogen) atoms. The zero-order chi connectivity index (χ0) is 16.3. The van der Waals surface area contributed by atoms with E-state index in [2.05, 4.69) is 15.4 Å². The average Bonchev–Trinajstić information content (AvgIpc) is 3.40. The van der Waals surface area contributed by atoms with E-state index in [4.69, 9.17) is 0 Å². The topological polar surface area (TPSA) is 87.3 Å². The molecule has 142 valence electrons. The van der Waals surface area contributed by atoms with Crippen LogP contribution in [0, 0.1) is 11.8 Å². The summed E-state index contributed by atoms with van der Waals surface area (Å²) in [4.78, 5) is 11.9. The molecule has 2 fully saturated rings. The van der Waals surface area contributed by atoms with Crippen LogP contribution in [0.1, 0.15) is 25.7 Å². The number of sulfonamides is 1. The molecule has 0 bridgehead atoms. The molecule has 9 heteroatoms. The summed E-state index contributed by atoms with van der Waals surface area (Å²) in [6, 6.07) is 6.34. The van der Waals surface area contributed by atoms with E-state index in [1.165, 1.54) is 12.1 Å². The van der Waals surface area contributed by atoms with Gasteiger partial charge in [-0.05, 0) is 69.0 Å². The molecule has 0 radical (unpaired) electrons. The van der Waals surface area contributed by atoms with E-state index in [1.54, 1.807) is 12.1 Å². The van der Waals surface area contributed by atoms with Crippen molar-refractivity contribution in [2.45, 2.75) is 30.6 Å². The van der Waals surface area contributed by atoms with Crippen molar-refractivity contribution in [3.8, 4) is 0 Å². The van der Waals surface area contributed by atoms with Crippen molar-refractivity contribution in [3.63, 3.8) is 0 Å². The van der Waals surface area contributed by atoms with Crippen LogP contribution in [-0.2, 0) is 14.8 Å². The van der Waals surface area contributed by atoms with E-state index in [0.29, 0.717) is 18.2 Å². The Labute approximate surface area is 161 Å². The van der Waals surface area contributed by atoms with Gasteiger partial charge >= 0.3 is 0 Å². The number of rotatable bonds is 6. The fraction of sp³-hybridized carbons (Fsp3) is 0.562. The third-order valence-corrected chi connectivity index (χ3v) is 5.78. The Morgan fingerprint density at radius 2 is 1.80 bits per heavy atom. The van der Waals surface area contributed by atoms with E-state index in [0.717, 1.165) is 38.8 Å². The van der Waals surface area contributed by atoms with E-state index in [1.807, 2.05) is 0 Å². The van der Waals surface area contributed by atoms with Crippen LogP contribution in [0.15, 0.2) is 29.2 Å². The number of hydrogen-bond donors (Lipinski definition) is 3. The lowest BCUT2D eigenvalue weighted by Crippen LogP contribution is -2.38. The zero-order valence-electron chi connectivity index (χ0n) is 13.9. The molecule has 1 saturated heterocycles. The maximum absolute atomic E-state index is 12.3. The van der Waals surface area contributed by atoms with Crippen LogP contribution in [0.2, 0.25) is 0 Å². The molecule has 6 nitrogen and oxygen atoms in total. The van der Waals surface area contributed by atoms with Gasteiger partial charge < -0.3 is 10.6 Å². The predicted octanol–water partition coefficient (Wildman–Crippen LogP) is 2.16. The van der Waals surface area contributed by atoms with Gasteiger partial charge in [0.1, 0.15) is 0 Å². The molecule has 0 aromatic heterocycles. The van der Waals surface area contributed by atoms with Gasteiger partial charge in [0.2, 0.25) is 15.9 Å². The number of nitrogens with one attached hydrogen (secondary N) is 3. The smallest absolute Gasteiger partial charge is 0.240 e. The van der Waals surface area contributed by atoms with Crippen LogP contribution in [0.3, 0.4) is 0 Å². The predicted molar refractivity (Wildman–Crippen MR) is 103 cm³/mol. The van der Waals surface area contributed by atoms with Crippen LogP contribution >= 0.6 is 24.8 Å². The van der Waals surface area contributed by atoms with E-state index < -0.39 is 10.0 Å². The number of amides is 1. The molecular formula is C16H25Cl2N3O3S. The van der Waals surface area contributed by atoms with Crippen molar-refractivity contribution < 1.29 is 13.2 Å². The fourth-order valence-corrected chi connectivity index (χ4v) is 3.83. The first-order valence-corrected chi connectivity index (χ1v) is 9.64. The Hall–Kier alpha value is -0.860. The molecule has 1 aromatic carbocycles. The molecule has 3 N–H and O–H groups in total. The van der Waals surface area contributed by atoms with Gasteiger partial charge in [-0.1, -0.05) is 0 Å². The summed E-state index contributed by atoms with van der Waals surface area (Å²) in [6.07, 6.45) is 4.01. The van der Waals surface area contributed by atoms with E-state index in [-0.39, 0.29) is 41.5 Å². The van der Waals surface area contributed by atoms with Gasteiger partial charge in [0, 0.05) is 18.2 Å². The lowest BCUT2D eigenvalue weighted by atomic mass is 10.0. The van der Waals surface area contributed by atoms with Gasteiger partial charge in [0.25, 0.3) is 0 Å². The molecule has 3 rings (SSSR count). The normalized spacial score (nSPS) is 20.1. The summed E-state index contributed by atoms with van der Waals surface area (Å²) < 4.78 is 27.3. The maximum Gasteiger partial charge on any atom is 0.240 e. The lowest BCUT2D eigenvalue weighted by molar-refractivity contribution is -0.117. The first kappa shape index (κ1) is 22.2. The first-order valence-electron chi connectivity index (χ1n) is 8.16. The molecule has 1 aliphatic heterocycles. The number of halogens is 2. The molecule has 1 aromatic rings. The van der Waals surface area contributed by atoms with Gasteiger partial charge in [-0.2, -0.15) is 0 Å². The number of piperidine rings is 1. The molecule has 1 heterocycles. The highest BCUT2D eigenvalue weighted by Gasteiger charge is 2.29. The minimum Gasteiger partial charge on any atom is -0.326 e. The highest BCUT2D eigenvalue weighted by molar-refractivity contribution is 7.89. The quantitative estimate of drug-likeness (QED) is 0.671. The number of benzene rings is 1. The van der Waals surface area contributed by atoms with Crippen LogP contribution in [0.25, 0.3) is 0 Å². The summed E-state index contributed by atoms with van der Waals surface area (Å²) in [5.41, 5.74) is 0.636. The van der Waals surface area contributed by atoms with E-state index in [9.17, 15) is 13.2 Å². The third-order valence-electron chi connectivity index (χ3n) is 4.34. The van der Waals surface area contributed by atoms with Gasteiger partial charge in [0.05, 0.1) is 4.90 Å². The second-order valence-corrected chi connectivity index (χ2v) is 8.12. The van der Waals surface area contributed by atoms with E-state index >= 15 is 0 Å². The number of hydrogen-bond acceptors (Lipinski definition) is 4. The number of carbonyl (C=O) groups excluding carboxylic acids is 1. The van der Waals surface area contributed by atoms with Crippen LogP contribution in [0.4, 0.5) is 5.69 Å². The van der Waals surface area contributed by atoms with Gasteiger partial charge in [-0.3, -0.25) is 4.79 Å². The molecule has 1 atom stereocenters. The Kier molecular flexibility index (Phi) is 8.63. The Morgan fingerprint density at radius 1 is 1.12 bits per heavy atom. The van der Waals surface area contributed by atoms with Gasteiger partial charge in [-0.25, -0.2) is 13.1 Å². The Balaban J connectivity index is 0.00000156. The van der Waals surface area contributed by atoms with Crippen LogP contribution in [-0.4, -0.2) is 34.0 Å². The third kappa shape index (κ3) is 6.42. The summed E-state index contributed by atoms with van der Waals surface area (Å²) >= 11 is 0. The monoisotopic (exact) mass is 409 g/mol. The Bertz CT molecular complexity index is 658. The van der Waals surface area contributed by atoms with Crippen molar-refractivity contribution in [1.29, 1.82) is 0 Å². The minimum atomic E-state index is -3.50. The second kappa shape index (κ2) is 9.73. The molecule has 0 spiro atoms. The Morgan fingerprint density at radius 3 is 2.36 bits per heavy atom. The SMILES string of the molecule is Cl.Cl.O=C(Nc1ccc(S(=O)(=O)NC[C@H]2CCCNC2)cc1)C1CC1. The van der Waals surface area contributed by atoms with Crippen molar-refractivity contribution in [3.05, 3.63) is 24.3 Å². The first-order chi connectivity index (χ1) is 11.0. The highest BCUT2D eigenvalue weighted by atomic mass is 35.5. The number of anilines is 1. The molecule has 1 amide bonds. The molecule has 1 aliphatic carbocycles. The molecular weight excluding hydrogens is 385 g/mol. The summed E-state index contributed by atoms with van der Waals surface area (Å²) in [7, 11) is -3.50. The largest absolute Gasteiger partial charge is 0.326 e. The van der Waals surface area contributed by atoms with Gasteiger partial charge in [0.15, 0.2) is 0 Å². The maximum atomic E-state index is 12.3. The second-order valence-electron chi connectivity index (χ2n) is 6.35. The zero-order valence-corrected chi connectivity index (χ0v) is 16.3. The standard InChI is InChI=1S/C16H23N3O3S.2ClH/c20-16(13-3-4-13)19-14-5-7-15(8-6-14)23(21,22)18-11-12-2-1-9-17-10-12;;/h5-8,12-13,17-18H,1-4,9-11H2,(H,19,20);2*1H/t12-;;/m0../s1. The summed E-state index contributed by atoms with van der Waals surface area (Å²) in [5, 5.41) is 6.08. The van der Waals surface area contributed by atoms with Crippen LogP contribution in [0.5, 0.6) is 0 Å². The minimum absolute atomic E-state index is 0. The average molecular weight is 410 g/mol. The summed E-state index contributed by atoms with van der Waals surface area (Å²) in [5.74, 6) is 0.489. The van der Waals surface area contributed by atoms with Crippen molar-refractivity contribution >= 4 is 46.4 Å². The van der Waals surface area contributed by atoms with Crippen molar-refractivity contribution in [1.82, 2.24) is 10.0 Å². The number of carbonyl (C=O) groups is 1. The molecule has 2 aliphatic rings. The van der Waals surface area contributed by atoms with Gasteiger partial charge in [-0.15, -0.1) is 24.8 Å². The van der Waals surface area contributed by atoms with Crippen LogP contribution < -0.4 is 15.4 Å². The van der Waals surface area contributed by atoms with Crippen molar-refractivity contribution in [2.75, 3.05) is 25.0 Å². The fourth-order valence-electron chi connectivity index (χ4n) is 2.72. The molecule has 0 unspecified atom stereocenters. The molecule has 1 saturated carbocycles. The van der Waals surface area contributed by atoms with Crippen molar-refractivity contribution in [2.24, 2.45) is 11.8 Å².